The van der Waals surface area contributed by atoms with Crippen LogP contribution in [0.4, 0.5) is 5.82 Å². The van der Waals surface area contributed by atoms with E-state index >= 15 is 0 Å². The van der Waals surface area contributed by atoms with Crippen molar-refractivity contribution in [3.05, 3.63) is 60.3 Å². The van der Waals surface area contributed by atoms with Crippen molar-refractivity contribution in [3.8, 4) is 0 Å². The van der Waals surface area contributed by atoms with Crippen molar-refractivity contribution >= 4 is 18.1 Å². The highest BCUT2D eigenvalue weighted by Gasteiger charge is 2.36. The van der Waals surface area contributed by atoms with Crippen LogP contribution in [-0.4, -0.2) is 12.3 Å². The molecule has 0 fully saturated rings. The highest BCUT2D eigenvalue weighted by Crippen LogP contribution is 2.25. The number of benzene rings is 1. The summed E-state index contributed by atoms with van der Waals surface area (Å²) in [6.45, 7) is 4.50. The average molecular weight is 293 g/mol. The standard InChI is InChI=1S/C18H24BN3/c1-3-13-19(14-4-2)21-18(16-10-6-5-7-11-16)20-17-12-8-9-15-22(17)19/h5-12,15H,3-4,13-14H2,1-2H3,(H,20,21). The van der Waals surface area contributed by atoms with E-state index in [1.807, 2.05) is 6.07 Å². The van der Waals surface area contributed by atoms with Gasteiger partial charge in [-0.25, -0.2) is 5.32 Å². The van der Waals surface area contributed by atoms with Gasteiger partial charge in [0.2, 0.25) is 5.82 Å². The number of nitrogens with zero attached hydrogens (tertiary/aromatic N) is 2. The first-order valence-corrected chi connectivity index (χ1v) is 8.40. The molecule has 3 nitrogen and oxygen atoms in total. The van der Waals surface area contributed by atoms with Gasteiger partial charge >= 0.3 is 6.42 Å². The Kier molecular flexibility index (Phi) is 4.28. The lowest BCUT2D eigenvalue weighted by Gasteiger charge is -2.38. The summed E-state index contributed by atoms with van der Waals surface area (Å²) in [5.41, 5.74) is 1.16. The van der Waals surface area contributed by atoms with E-state index in [2.05, 4.69) is 72.3 Å². The van der Waals surface area contributed by atoms with Crippen molar-refractivity contribution in [2.45, 2.75) is 39.3 Å². The second-order valence-corrected chi connectivity index (χ2v) is 6.17. The molecule has 3 rings (SSSR count). The quantitative estimate of drug-likeness (QED) is 0.830. The number of hydrogen-bond acceptors (Lipinski definition) is 2. The zero-order chi connectivity index (χ0) is 15.4. The van der Waals surface area contributed by atoms with Crippen molar-refractivity contribution in [1.29, 1.82) is 0 Å². The summed E-state index contributed by atoms with van der Waals surface area (Å²) in [7, 11) is 0. The van der Waals surface area contributed by atoms with Crippen molar-refractivity contribution in [3.63, 3.8) is 0 Å². The summed E-state index contributed by atoms with van der Waals surface area (Å²) in [6, 6.07) is 16.8. The van der Waals surface area contributed by atoms with E-state index in [0.29, 0.717) is 0 Å². The minimum Gasteiger partial charge on any atom is -0.416 e. The Bertz CT molecular complexity index is 661. The van der Waals surface area contributed by atoms with Gasteiger partial charge in [-0.05, 0) is 18.2 Å². The molecule has 0 atom stereocenters. The Balaban J connectivity index is 2.13. The van der Waals surface area contributed by atoms with E-state index in [0.717, 1.165) is 42.7 Å². The first kappa shape index (κ1) is 14.8. The molecule has 2 heterocycles. The minimum atomic E-state index is -0.952. The summed E-state index contributed by atoms with van der Waals surface area (Å²) in [4.78, 5) is 5.24. The number of anilines is 1. The molecular weight excluding hydrogens is 269 g/mol. The number of pyridine rings is 1. The van der Waals surface area contributed by atoms with Crippen LogP contribution in [0.2, 0.25) is 12.6 Å². The predicted molar refractivity (Wildman–Crippen MR) is 94.6 cm³/mol. The molecule has 114 valence electrons. The first-order chi connectivity index (χ1) is 10.8. The molecule has 0 radical (unpaired) electrons. The van der Waals surface area contributed by atoms with E-state index in [9.17, 15) is 0 Å². The third-order valence-electron chi connectivity index (χ3n) is 4.57. The van der Waals surface area contributed by atoms with E-state index in [1.54, 1.807) is 0 Å². The molecule has 0 unspecified atom stereocenters. The lowest BCUT2D eigenvalue weighted by atomic mass is 9.40. The maximum atomic E-state index is 5.24. The molecule has 4 heteroatoms. The molecule has 0 spiro atoms. The molecule has 2 aromatic rings. The number of fused-ring (bicyclic) bond motifs is 1. The van der Waals surface area contributed by atoms with E-state index < -0.39 is 6.42 Å². The van der Waals surface area contributed by atoms with Crippen LogP contribution in [0.1, 0.15) is 32.3 Å². The van der Waals surface area contributed by atoms with Gasteiger partial charge in [-0.3, -0.25) is 0 Å². The number of rotatable bonds is 5. The maximum Gasteiger partial charge on any atom is 0.302 e. The largest absolute Gasteiger partial charge is 0.416 e. The third kappa shape index (κ3) is 2.65. The fourth-order valence-electron chi connectivity index (χ4n) is 3.66. The Hall–Kier alpha value is -2.10. The highest BCUT2D eigenvalue weighted by atomic mass is 15.2. The van der Waals surface area contributed by atoms with E-state index in [1.165, 1.54) is 0 Å². The van der Waals surface area contributed by atoms with Crippen molar-refractivity contribution < 1.29 is 4.48 Å². The third-order valence-corrected chi connectivity index (χ3v) is 4.57. The van der Waals surface area contributed by atoms with Gasteiger partial charge in [0.25, 0.3) is 0 Å². The number of aromatic nitrogens is 1. The van der Waals surface area contributed by atoms with Crippen molar-refractivity contribution in [2.75, 3.05) is 5.32 Å². The summed E-state index contributed by atoms with van der Waals surface area (Å²) in [6.07, 6.45) is 5.76. The number of hydrogen-bond donors (Lipinski definition) is 1. The molecule has 0 saturated heterocycles. The van der Waals surface area contributed by atoms with Gasteiger partial charge in [-0.1, -0.05) is 51.0 Å². The van der Waals surface area contributed by atoms with Crippen LogP contribution >= 0.6 is 0 Å². The Morgan fingerprint density at radius 1 is 0.955 bits per heavy atom. The summed E-state index contributed by atoms with van der Waals surface area (Å²) >= 11 is 0. The predicted octanol–water partition coefficient (Wildman–Crippen LogP) is 3.96. The van der Waals surface area contributed by atoms with Crippen LogP contribution in [0.3, 0.4) is 0 Å². The second kappa shape index (κ2) is 6.35. The van der Waals surface area contributed by atoms with Crippen LogP contribution in [0.15, 0.2) is 59.6 Å². The number of amidine groups is 1. The number of nitrogens with one attached hydrogen (secondary N) is 1. The van der Waals surface area contributed by atoms with Crippen molar-refractivity contribution in [1.82, 2.24) is 0 Å². The van der Waals surface area contributed by atoms with Crippen LogP contribution < -0.4 is 9.79 Å². The summed E-state index contributed by atoms with van der Waals surface area (Å²) in [5, 5.41) is 3.51. The molecule has 1 aromatic carbocycles. The van der Waals surface area contributed by atoms with E-state index in [-0.39, 0.29) is 0 Å². The van der Waals surface area contributed by atoms with Gasteiger partial charge < -0.3 is 9.38 Å². The lowest BCUT2D eigenvalue weighted by molar-refractivity contribution is -0.534. The molecule has 1 N–H and O–H groups in total. The van der Waals surface area contributed by atoms with Crippen LogP contribution in [0.5, 0.6) is 0 Å². The van der Waals surface area contributed by atoms with Gasteiger partial charge in [0, 0.05) is 17.8 Å². The molecule has 1 aromatic heterocycles. The lowest BCUT2D eigenvalue weighted by Crippen LogP contribution is -2.67. The minimum absolute atomic E-state index is 0.952. The average Bonchev–Trinajstić information content (AvgIpc) is 2.56. The Labute approximate surface area is 133 Å². The summed E-state index contributed by atoms with van der Waals surface area (Å²) < 4.78 is 2.37. The molecule has 22 heavy (non-hydrogen) atoms. The monoisotopic (exact) mass is 293 g/mol. The molecule has 0 amide bonds. The molecule has 1 aliphatic heterocycles. The van der Waals surface area contributed by atoms with Crippen molar-refractivity contribution in [2.24, 2.45) is 4.90 Å². The molecule has 0 saturated carbocycles. The second-order valence-electron chi connectivity index (χ2n) is 6.17. The fraction of sp³-hybridized carbons (Fsp3) is 0.333. The van der Waals surface area contributed by atoms with Gasteiger partial charge in [-0.15, -0.1) is 12.6 Å². The molecular formula is C18H24BN3. The SMILES string of the molecule is CCC[B-]1(CCC)N=C(c2ccccc2)Nc2cccc[n+]21. The fourth-order valence-corrected chi connectivity index (χ4v) is 3.66. The van der Waals surface area contributed by atoms with Gasteiger partial charge in [0.15, 0.2) is 5.84 Å². The summed E-state index contributed by atoms with van der Waals surface area (Å²) in [5.74, 6) is 2.16. The maximum absolute atomic E-state index is 5.24. The van der Waals surface area contributed by atoms with Gasteiger partial charge in [0.05, 0.1) is 0 Å². The Morgan fingerprint density at radius 2 is 1.64 bits per heavy atom. The first-order valence-electron chi connectivity index (χ1n) is 8.40. The zero-order valence-corrected chi connectivity index (χ0v) is 13.5. The Morgan fingerprint density at radius 3 is 2.32 bits per heavy atom. The van der Waals surface area contributed by atoms with Crippen LogP contribution in [-0.2, 0) is 0 Å². The zero-order valence-electron chi connectivity index (χ0n) is 13.5. The molecule has 0 bridgehead atoms. The highest BCUT2D eigenvalue weighted by molar-refractivity contribution is 6.72. The van der Waals surface area contributed by atoms with Gasteiger partial charge in [0.1, 0.15) is 0 Å². The van der Waals surface area contributed by atoms with E-state index in [4.69, 9.17) is 4.90 Å². The van der Waals surface area contributed by atoms with Crippen LogP contribution in [0, 0.1) is 0 Å². The topological polar surface area (TPSA) is 28.3 Å². The smallest absolute Gasteiger partial charge is 0.302 e. The molecule has 1 aliphatic rings. The normalized spacial score (nSPS) is 15.6. The molecule has 0 aliphatic carbocycles. The van der Waals surface area contributed by atoms with Gasteiger partial charge in [-0.2, -0.15) is 0 Å². The van der Waals surface area contributed by atoms with Crippen LogP contribution in [0.25, 0.3) is 0 Å².